The maximum Gasteiger partial charge on any atom is 0.252 e. The van der Waals surface area contributed by atoms with Crippen LogP contribution < -0.4 is 16.2 Å². The summed E-state index contributed by atoms with van der Waals surface area (Å²) in [5.74, 6) is 0.271. The fourth-order valence-corrected chi connectivity index (χ4v) is 1.67. The van der Waals surface area contributed by atoms with Crippen molar-refractivity contribution in [3.05, 3.63) is 53.1 Å². The number of amides is 1. The number of hydrogen-bond acceptors (Lipinski definition) is 3. The highest BCUT2D eigenvalue weighted by Crippen LogP contribution is 2.28. The summed E-state index contributed by atoms with van der Waals surface area (Å²) in [6.45, 7) is 0. The highest BCUT2D eigenvalue weighted by atomic mass is 35.5. The summed E-state index contributed by atoms with van der Waals surface area (Å²) < 4.78 is 5.57. The lowest BCUT2D eigenvalue weighted by Crippen LogP contribution is -2.12. The first-order valence-electron chi connectivity index (χ1n) is 5.19. The summed E-state index contributed by atoms with van der Waals surface area (Å²) in [5, 5.41) is 0.545. The van der Waals surface area contributed by atoms with Gasteiger partial charge in [0.15, 0.2) is 0 Å². The Morgan fingerprint density at radius 3 is 2.61 bits per heavy atom. The van der Waals surface area contributed by atoms with Gasteiger partial charge in [0, 0.05) is 10.7 Å². The lowest BCUT2D eigenvalue weighted by Gasteiger charge is -2.10. The van der Waals surface area contributed by atoms with Crippen molar-refractivity contribution in [1.82, 2.24) is 0 Å². The summed E-state index contributed by atoms with van der Waals surface area (Å²) in [5.41, 5.74) is 11.5. The monoisotopic (exact) mass is 262 g/mol. The van der Waals surface area contributed by atoms with E-state index in [4.69, 9.17) is 27.8 Å². The van der Waals surface area contributed by atoms with Crippen molar-refractivity contribution >= 4 is 23.2 Å². The molecule has 0 spiro atoms. The molecule has 0 aromatic heterocycles. The van der Waals surface area contributed by atoms with Crippen LogP contribution in [-0.2, 0) is 0 Å². The third kappa shape index (κ3) is 2.73. The number of halogens is 1. The molecule has 92 valence electrons. The van der Waals surface area contributed by atoms with E-state index in [-0.39, 0.29) is 5.56 Å². The van der Waals surface area contributed by atoms with Gasteiger partial charge in [-0.1, -0.05) is 17.7 Å². The molecule has 0 atom stereocenters. The van der Waals surface area contributed by atoms with Gasteiger partial charge in [0.1, 0.15) is 11.5 Å². The molecule has 0 aliphatic rings. The van der Waals surface area contributed by atoms with E-state index in [1.165, 1.54) is 6.07 Å². The van der Waals surface area contributed by atoms with E-state index in [9.17, 15) is 4.79 Å². The highest BCUT2D eigenvalue weighted by Gasteiger charge is 2.10. The quantitative estimate of drug-likeness (QED) is 0.835. The topological polar surface area (TPSA) is 78.3 Å². The minimum Gasteiger partial charge on any atom is -0.456 e. The molecule has 5 heteroatoms. The van der Waals surface area contributed by atoms with Gasteiger partial charge < -0.3 is 16.2 Å². The molecule has 0 bridgehead atoms. The fraction of sp³-hybridized carbons (Fsp3) is 0. The number of nitrogen functional groups attached to an aromatic ring is 1. The Morgan fingerprint density at radius 2 is 1.94 bits per heavy atom. The second-order valence-electron chi connectivity index (χ2n) is 3.68. The average Bonchev–Trinajstić information content (AvgIpc) is 2.31. The molecule has 0 unspecified atom stereocenters. The van der Waals surface area contributed by atoms with Crippen LogP contribution in [0.2, 0.25) is 5.02 Å². The maximum atomic E-state index is 11.3. The molecule has 18 heavy (non-hydrogen) atoms. The van der Waals surface area contributed by atoms with E-state index >= 15 is 0 Å². The van der Waals surface area contributed by atoms with Crippen molar-refractivity contribution < 1.29 is 9.53 Å². The SMILES string of the molecule is NC(=O)c1cc(N)ccc1Oc1cccc(Cl)c1. The predicted molar refractivity (Wildman–Crippen MR) is 70.9 cm³/mol. The summed E-state index contributed by atoms with van der Waals surface area (Å²) >= 11 is 5.85. The Balaban J connectivity index is 2.37. The first kappa shape index (κ1) is 12.3. The van der Waals surface area contributed by atoms with Crippen LogP contribution in [0.25, 0.3) is 0 Å². The third-order valence-electron chi connectivity index (χ3n) is 2.29. The van der Waals surface area contributed by atoms with Crippen LogP contribution in [0.4, 0.5) is 5.69 Å². The van der Waals surface area contributed by atoms with Crippen molar-refractivity contribution in [2.45, 2.75) is 0 Å². The molecule has 0 saturated heterocycles. The number of primary amides is 1. The molecule has 0 saturated carbocycles. The summed E-state index contributed by atoms with van der Waals surface area (Å²) in [7, 11) is 0. The van der Waals surface area contributed by atoms with Crippen LogP contribution >= 0.6 is 11.6 Å². The number of ether oxygens (including phenoxy) is 1. The largest absolute Gasteiger partial charge is 0.456 e. The molecule has 0 radical (unpaired) electrons. The van der Waals surface area contributed by atoms with Crippen LogP contribution in [0, 0.1) is 0 Å². The molecule has 2 aromatic rings. The van der Waals surface area contributed by atoms with Crippen molar-refractivity contribution in [2.75, 3.05) is 5.73 Å². The Kier molecular flexibility index (Phi) is 3.39. The van der Waals surface area contributed by atoms with Crippen molar-refractivity contribution in [3.63, 3.8) is 0 Å². The van der Waals surface area contributed by atoms with E-state index in [0.29, 0.717) is 22.2 Å². The number of anilines is 1. The summed E-state index contributed by atoms with van der Waals surface area (Å²) in [6.07, 6.45) is 0. The minimum atomic E-state index is -0.598. The van der Waals surface area contributed by atoms with E-state index in [2.05, 4.69) is 0 Å². The normalized spacial score (nSPS) is 10.1. The molecule has 2 aromatic carbocycles. The number of carbonyl (C=O) groups excluding carboxylic acids is 1. The molecule has 0 aliphatic carbocycles. The van der Waals surface area contributed by atoms with Crippen LogP contribution in [0.15, 0.2) is 42.5 Å². The van der Waals surface area contributed by atoms with Crippen LogP contribution in [0.3, 0.4) is 0 Å². The predicted octanol–water partition coefficient (Wildman–Crippen LogP) is 2.81. The van der Waals surface area contributed by atoms with Crippen molar-refractivity contribution in [2.24, 2.45) is 5.73 Å². The van der Waals surface area contributed by atoms with Gasteiger partial charge in [0.25, 0.3) is 5.91 Å². The lowest BCUT2D eigenvalue weighted by molar-refractivity contribution is 0.0998. The van der Waals surface area contributed by atoms with Crippen LogP contribution in [-0.4, -0.2) is 5.91 Å². The highest BCUT2D eigenvalue weighted by molar-refractivity contribution is 6.30. The van der Waals surface area contributed by atoms with Gasteiger partial charge in [-0.25, -0.2) is 0 Å². The molecular formula is C13H11ClN2O2. The number of nitrogens with two attached hydrogens (primary N) is 2. The molecule has 1 amide bonds. The molecule has 4 nitrogen and oxygen atoms in total. The smallest absolute Gasteiger partial charge is 0.252 e. The first-order valence-corrected chi connectivity index (χ1v) is 5.57. The molecule has 0 aliphatic heterocycles. The zero-order valence-corrected chi connectivity index (χ0v) is 10.1. The van der Waals surface area contributed by atoms with Crippen molar-refractivity contribution in [1.29, 1.82) is 0 Å². The van der Waals surface area contributed by atoms with Gasteiger partial charge in [-0.3, -0.25) is 4.79 Å². The number of carbonyl (C=O) groups is 1. The first-order chi connectivity index (χ1) is 8.56. The second kappa shape index (κ2) is 4.98. The summed E-state index contributed by atoms with van der Waals surface area (Å²) in [4.78, 5) is 11.3. The Morgan fingerprint density at radius 1 is 1.17 bits per heavy atom. The Bertz CT molecular complexity index is 599. The van der Waals surface area contributed by atoms with Gasteiger partial charge in [-0.15, -0.1) is 0 Å². The number of hydrogen-bond donors (Lipinski definition) is 2. The molecule has 2 rings (SSSR count). The Hall–Kier alpha value is -2.20. The molecular weight excluding hydrogens is 252 g/mol. The fourth-order valence-electron chi connectivity index (χ4n) is 1.49. The van der Waals surface area contributed by atoms with E-state index in [1.807, 2.05) is 0 Å². The average molecular weight is 263 g/mol. The van der Waals surface area contributed by atoms with E-state index < -0.39 is 5.91 Å². The molecule has 0 heterocycles. The zero-order valence-electron chi connectivity index (χ0n) is 9.39. The minimum absolute atomic E-state index is 0.231. The van der Waals surface area contributed by atoms with E-state index in [0.717, 1.165) is 0 Å². The number of benzene rings is 2. The van der Waals surface area contributed by atoms with Gasteiger partial charge in [-0.05, 0) is 36.4 Å². The summed E-state index contributed by atoms with van der Waals surface area (Å²) in [6, 6.07) is 11.5. The molecule has 4 N–H and O–H groups in total. The van der Waals surface area contributed by atoms with Gasteiger partial charge >= 0.3 is 0 Å². The standard InChI is InChI=1S/C13H11ClN2O2/c14-8-2-1-3-10(6-8)18-12-5-4-9(15)7-11(12)13(16)17/h1-7H,15H2,(H2,16,17). The number of rotatable bonds is 3. The van der Waals surface area contributed by atoms with Crippen LogP contribution in [0.5, 0.6) is 11.5 Å². The van der Waals surface area contributed by atoms with Crippen molar-refractivity contribution in [3.8, 4) is 11.5 Å². The van der Waals surface area contributed by atoms with Crippen LogP contribution in [0.1, 0.15) is 10.4 Å². The van der Waals surface area contributed by atoms with Gasteiger partial charge in [0.2, 0.25) is 0 Å². The maximum absolute atomic E-state index is 11.3. The lowest BCUT2D eigenvalue weighted by atomic mass is 10.1. The van der Waals surface area contributed by atoms with Gasteiger partial charge in [-0.2, -0.15) is 0 Å². The van der Waals surface area contributed by atoms with Gasteiger partial charge in [0.05, 0.1) is 5.56 Å². The third-order valence-corrected chi connectivity index (χ3v) is 2.53. The van der Waals surface area contributed by atoms with E-state index in [1.54, 1.807) is 36.4 Å². The Labute approximate surface area is 109 Å². The second-order valence-corrected chi connectivity index (χ2v) is 4.12. The molecule has 0 fully saturated rings. The zero-order chi connectivity index (χ0) is 13.1.